The molecule has 3 atom stereocenters. The van der Waals surface area contributed by atoms with Crippen LogP contribution in [-0.2, 0) is 9.59 Å². The molecule has 1 saturated carbocycles. The van der Waals surface area contributed by atoms with Crippen LogP contribution >= 0.6 is 0 Å². The number of aromatic nitrogens is 3. The lowest BCUT2D eigenvalue weighted by molar-refractivity contribution is -0.129. The Morgan fingerprint density at radius 1 is 1.24 bits per heavy atom. The minimum Gasteiger partial charge on any atom is -0.372 e. The zero-order valence-electron chi connectivity index (χ0n) is 16.8. The van der Waals surface area contributed by atoms with Gasteiger partial charge in [0.2, 0.25) is 11.8 Å². The maximum Gasteiger partial charge on any atom is 0.244 e. The van der Waals surface area contributed by atoms with Crippen molar-refractivity contribution in [2.75, 3.05) is 24.7 Å². The lowest BCUT2D eigenvalue weighted by Crippen LogP contribution is -2.36. The van der Waals surface area contributed by atoms with Crippen molar-refractivity contribution in [3.05, 3.63) is 30.4 Å². The second kappa shape index (κ2) is 8.22. The topological polar surface area (TPSA) is 124 Å². The molecule has 0 aromatic carbocycles. The number of hydrogen-bond donors (Lipinski definition) is 2. The third-order valence-electron chi connectivity index (χ3n) is 4.82. The molecule has 9 heteroatoms. The number of hydrogen-bond acceptors (Lipinski definition) is 7. The molecule has 29 heavy (non-hydrogen) atoms. The van der Waals surface area contributed by atoms with Crippen molar-refractivity contribution in [2.24, 2.45) is 11.8 Å². The summed E-state index contributed by atoms with van der Waals surface area (Å²) >= 11 is 0. The molecule has 0 spiro atoms. The summed E-state index contributed by atoms with van der Waals surface area (Å²) in [6.07, 6.45) is 5.45. The molecule has 1 aliphatic rings. The number of nitrogens with zero attached hydrogens (tertiary/aromatic N) is 5. The van der Waals surface area contributed by atoms with Gasteiger partial charge in [-0.3, -0.25) is 14.6 Å². The average molecular weight is 393 g/mol. The molecular formula is C20H23N7O2. The molecule has 1 unspecified atom stereocenters. The average Bonchev–Trinajstić information content (AvgIpc) is 3.44. The van der Waals surface area contributed by atoms with Gasteiger partial charge in [0.05, 0.1) is 23.8 Å². The first-order valence-electron chi connectivity index (χ1n) is 9.31. The van der Waals surface area contributed by atoms with E-state index in [1.165, 1.54) is 23.5 Å². The molecule has 9 nitrogen and oxygen atoms in total. The van der Waals surface area contributed by atoms with E-state index >= 15 is 0 Å². The molecule has 0 saturated heterocycles. The van der Waals surface area contributed by atoms with Crippen LogP contribution in [0.2, 0.25) is 0 Å². The highest BCUT2D eigenvalue weighted by atomic mass is 16.2. The number of pyridine rings is 1. The summed E-state index contributed by atoms with van der Waals surface area (Å²) in [5, 5.41) is 15.1. The number of nitriles is 1. The van der Waals surface area contributed by atoms with Crippen LogP contribution in [0.5, 0.6) is 0 Å². The standard InChI is InChI=1S/C20H23N7O2/c1-11-5-14(11)19(28)26-18-10-23-17(9-24-18)13-6-15(16(7-21)22-8-13)25-12(2)20(29)27(3)4/h6,8-12,14,25H,5H2,1-4H3,(H,24,26,28)/t11-,12?,14+/m0/s1. The van der Waals surface area contributed by atoms with E-state index in [2.05, 4.69) is 25.6 Å². The Hall–Kier alpha value is -3.54. The lowest BCUT2D eigenvalue weighted by Gasteiger charge is -2.19. The first-order chi connectivity index (χ1) is 13.8. The van der Waals surface area contributed by atoms with Gasteiger partial charge in [-0.15, -0.1) is 0 Å². The molecule has 2 N–H and O–H groups in total. The number of rotatable bonds is 6. The predicted octanol–water partition coefficient (Wildman–Crippen LogP) is 1.89. The highest BCUT2D eigenvalue weighted by molar-refractivity contribution is 5.93. The Morgan fingerprint density at radius 3 is 2.52 bits per heavy atom. The number of amides is 2. The highest BCUT2D eigenvalue weighted by Gasteiger charge is 2.39. The summed E-state index contributed by atoms with van der Waals surface area (Å²) in [7, 11) is 3.33. The van der Waals surface area contributed by atoms with Crippen LogP contribution in [0, 0.1) is 23.2 Å². The van der Waals surface area contributed by atoms with Crippen molar-refractivity contribution in [3.8, 4) is 17.3 Å². The maximum absolute atomic E-state index is 12.1. The van der Waals surface area contributed by atoms with Gasteiger partial charge in [0.1, 0.15) is 12.1 Å². The maximum atomic E-state index is 12.1. The van der Waals surface area contributed by atoms with Crippen molar-refractivity contribution in [3.63, 3.8) is 0 Å². The summed E-state index contributed by atoms with van der Waals surface area (Å²) in [6, 6.07) is 3.20. The van der Waals surface area contributed by atoms with E-state index in [4.69, 9.17) is 0 Å². The Kier molecular flexibility index (Phi) is 5.73. The fraction of sp³-hybridized carbons (Fsp3) is 0.400. The van der Waals surface area contributed by atoms with Crippen molar-refractivity contribution < 1.29 is 9.59 Å². The number of anilines is 2. The quantitative estimate of drug-likeness (QED) is 0.768. The van der Waals surface area contributed by atoms with Gasteiger partial charge < -0.3 is 15.5 Å². The molecule has 0 aliphatic heterocycles. The van der Waals surface area contributed by atoms with Crippen LogP contribution in [-0.4, -0.2) is 51.8 Å². The van der Waals surface area contributed by atoms with E-state index in [0.29, 0.717) is 28.7 Å². The smallest absolute Gasteiger partial charge is 0.244 e. The van der Waals surface area contributed by atoms with Gasteiger partial charge in [-0.05, 0) is 25.3 Å². The highest BCUT2D eigenvalue weighted by Crippen LogP contribution is 2.38. The van der Waals surface area contributed by atoms with Gasteiger partial charge >= 0.3 is 0 Å². The largest absolute Gasteiger partial charge is 0.372 e. The van der Waals surface area contributed by atoms with Crippen LogP contribution in [0.25, 0.3) is 11.3 Å². The van der Waals surface area contributed by atoms with Crippen molar-refractivity contribution in [1.82, 2.24) is 19.9 Å². The van der Waals surface area contributed by atoms with E-state index in [0.717, 1.165) is 6.42 Å². The number of carbonyl (C=O) groups is 2. The minimum absolute atomic E-state index is 0.0365. The molecule has 2 aromatic rings. The van der Waals surface area contributed by atoms with Gasteiger partial charge in [0, 0.05) is 31.8 Å². The molecule has 150 valence electrons. The molecule has 3 rings (SSSR count). The van der Waals surface area contributed by atoms with E-state index in [1.54, 1.807) is 27.1 Å². The summed E-state index contributed by atoms with van der Waals surface area (Å²) < 4.78 is 0. The summed E-state index contributed by atoms with van der Waals surface area (Å²) in [5.41, 5.74) is 1.80. The zero-order chi connectivity index (χ0) is 21.1. The molecule has 0 radical (unpaired) electrons. The van der Waals surface area contributed by atoms with Crippen molar-refractivity contribution in [2.45, 2.75) is 26.3 Å². The second-order valence-corrected chi connectivity index (χ2v) is 7.43. The number of carbonyl (C=O) groups excluding carboxylic acids is 2. The summed E-state index contributed by atoms with van der Waals surface area (Å²) in [4.78, 5) is 38.3. The molecule has 0 bridgehead atoms. The first-order valence-corrected chi connectivity index (χ1v) is 9.31. The zero-order valence-corrected chi connectivity index (χ0v) is 16.8. The monoisotopic (exact) mass is 393 g/mol. The van der Waals surface area contributed by atoms with Crippen LogP contribution in [0.4, 0.5) is 11.5 Å². The fourth-order valence-corrected chi connectivity index (χ4v) is 2.93. The lowest BCUT2D eigenvalue weighted by atomic mass is 10.1. The Labute approximate surface area is 169 Å². The van der Waals surface area contributed by atoms with Gasteiger partial charge in [-0.1, -0.05) is 6.92 Å². The van der Waals surface area contributed by atoms with Crippen molar-refractivity contribution in [1.29, 1.82) is 5.26 Å². The fourth-order valence-electron chi connectivity index (χ4n) is 2.93. The third-order valence-corrected chi connectivity index (χ3v) is 4.82. The Bertz CT molecular complexity index is 966. The van der Waals surface area contributed by atoms with Crippen LogP contribution in [0.3, 0.4) is 0 Å². The number of nitrogens with one attached hydrogen (secondary N) is 2. The first kappa shape index (κ1) is 20.2. The molecule has 2 heterocycles. The van der Waals surface area contributed by atoms with Gasteiger partial charge in [0.25, 0.3) is 0 Å². The molecular weight excluding hydrogens is 370 g/mol. The SMILES string of the molecule is CC(Nc1cc(-c2cnc(NC(=O)[C@@H]3C[C@@H]3C)cn2)cnc1C#N)C(=O)N(C)C. The van der Waals surface area contributed by atoms with E-state index in [1.807, 2.05) is 13.0 Å². The van der Waals surface area contributed by atoms with Crippen LogP contribution < -0.4 is 10.6 Å². The van der Waals surface area contributed by atoms with Gasteiger partial charge in [-0.2, -0.15) is 5.26 Å². The Morgan fingerprint density at radius 2 is 1.97 bits per heavy atom. The van der Waals surface area contributed by atoms with E-state index in [9.17, 15) is 14.9 Å². The van der Waals surface area contributed by atoms with Crippen molar-refractivity contribution >= 4 is 23.3 Å². The van der Waals surface area contributed by atoms with Gasteiger partial charge in [-0.25, -0.2) is 9.97 Å². The normalized spacial score (nSPS) is 18.3. The third kappa shape index (κ3) is 4.66. The predicted molar refractivity (Wildman–Crippen MR) is 108 cm³/mol. The molecule has 2 amide bonds. The Balaban J connectivity index is 1.77. The van der Waals surface area contributed by atoms with E-state index < -0.39 is 6.04 Å². The second-order valence-electron chi connectivity index (χ2n) is 7.43. The summed E-state index contributed by atoms with van der Waals surface area (Å²) in [5.74, 6) is 0.706. The minimum atomic E-state index is -0.525. The molecule has 1 fully saturated rings. The number of likely N-dealkylation sites (N-methyl/N-ethyl adjacent to an activating group) is 1. The van der Waals surface area contributed by atoms with Gasteiger partial charge in [0.15, 0.2) is 11.5 Å². The molecule has 2 aromatic heterocycles. The van der Waals surface area contributed by atoms with Crippen LogP contribution in [0.1, 0.15) is 26.0 Å². The van der Waals surface area contributed by atoms with Crippen LogP contribution in [0.15, 0.2) is 24.7 Å². The summed E-state index contributed by atoms with van der Waals surface area (Å²) in [6.45, 7) is 3.75. The van der Waals surface area contributed by atoms with E-state index in [-0.39, 0.29) is 23.4 Å². The molecule has 1 aliphatic carbocycles.